The van der Waals surface area contributed by atoms with Crippen molar-refractivity contribution >= 4 is 21.4 Å². The fraction of sp³-hybridized carbons (Fsp3) is 0.500. The lowest BCUT2D eigenvalue weighted by molar-refractivity contribution is -0.387. The summed E-state index contributed by atoms with van der Waals surface area (Å²) in [6.07, 6.45) is 0.493. The number of hydrogen-bond donors (Lipinski definition) is 2. The van der Waals surface area contributed by atoms with E-state index >= 15 is 0 Å². The summed E-state index contributed by atoms with van der Waals surface area (Å²) < 4.78 is 31.8. The first-order chi connectivity index (χ1) is 9.92. The van der Waals surface area contributed by atoms with E-state index in [1.807, 2.05) is 6.92 Å². The lowest BCUT2D eigenvalue weighted by Crippen LogP contribution is -2.26. The van der Waals surface area contributed by atoms with Crippen LogP contribution in [0.2, 0.25) is 0 Å². The molecule has 0 aromatic heterocycles. The normalized spacial score (nSPS) is 11.3. The molecule has 0 bridgehead atoms. The summed E-state index contributed by atoms with van der Waals surface area (Å²) in [7, 11) is -2.34. The molecule has 0 radical (unpaired) electrons. The van der Waals surface area contributed by atoms with Gasteiger partial charge in [0.15, 0.2) is 4.90 Å². The predicted molar refractivity (Wildman–Crippen MR) is 78.9 cm³/mol. The van der Waals surface area contributed by atoms with E-state index in [0.29, 0.717) is 25.3 Å². The Morgan fingerprint density at radius 2 is 2.10 bits per heavy atom. The van der Waals surface area contributed by atoms with Gasteiger partial charge in [0, 0.05) is 38.6 Å². The van der Waals surface area contributed by atoms with Crippen LogP contribution in [-0.2, 0) is 14.8 Å². The first-order valence-electron chi connectivity index (χ1n) is 6.46. The van der Waals surface area contributed by atoms with Crippen LogP contribution in [0.3, 0.4) is 0 Å². The minimum atomic E-state index is -3.94. The Hall–Kier alpha value is -1.71. The van der Waals surface area contributed by atoms with Crippen LogP contribution in [0.15, 0.2) is 23.1 Å². The molecule has 0 atom stereocenters. The molecule has 0 amide bonds. The predicted octanol–water partition coefficient (Wildman–Crippen LogP) is 1.34. The lowest BCUT2D eigenvalue weighted by Gasteiger charge is -2.09. The molecule has 0 heterocycles. The standard InChI is InChI=1S/C12H19N3O5S/c1-3-20-8-4-7-14-21(18,19)12-9-10(13-2)5-6-11(12)15(16)17/h5-6,9,13-14H,3-4,7-8H2,1-2H3. The molecule has 0 spiro atoms. The van der Waals surface area contributed by atoms with Crippen LogP contribution in [0, 0.1) is 10.1 Å². The van der Waals surface area contributed by atoms with Crippen molar-refractivity contribution < 1.29 is 18.1 Å². The van der Waals surface area contributed by atoms with E-state index in [1.54, 1.807) is 7.05 Å². The first kappa shape index (κ1) is 17.3. The molecule has 118 valence electrons. The van der Waals surface area contributed by atoms with Gasteiger partial charge in [0.25, 0.3) is 5.69 Å². The number of ether oxygens (including phenoxy) is 1. The number of benzene rings is 1. The zero-order valence-electron chi connectivity index (χ0n) is 12.0. The molecule has 0 saturated carbocycles. The van der Waals surface area contributed by atoms with Gasteiger partial charge in [-0.05, 0) is 25.5 Å². The Bertz CT molecular complexity index is 589. The Kier molecular flexibility index (Phi) is 6.53. The Morgan fingerprint density at radius 3 is 2.67 bits per heavy atom. The molecule has 0 saturated heterocycles. The highest BCUT2D eigenvalue weighted by atomic mass is 32.2. The fourth-order valence-corrected chi connectivity index (χ4v) is 2.91. The summed E-state index contributed by atoms with van der Waals surface area (Å²) in [6.45, 7) is 2.99. The van der Waals surface area contributed by atoms with Crippen molar-refractivity contribution in [3.8, 4) is 0 Å². The van der Waals surface area contributed by atoms with E-state index < -0.39 is 20.6 Å². The Morgan fingerprint density at radius 1 is 1.38 bits per heavy atom. The van der Waals surface area contributed by atoms with E-state index in [-0.39, 0.29) is 11.4 Å². The van der Waals surface area contributed by atoms with Crippen molar-refractivity contribution in [2.45, 2.75) is 18.2 Å². The van der Waals surface area contributed by atoms with Crippen molar-refractivity contribution in [2.24, 2.45) is 0 Å². The van der Waals surface area contributed by atoms with E-state index in [4.69, 9.17) is 4.74 Å². The number of nitrogens with zero attached hydrogens (tertiary/aromatic N) is 1. The second kappa shape index (κ2) is 7.91. The Labute approximate surface area is 123 Å². The Balaban J connectivity index is 2.92. The molecule has 21 heavy (non-hydrogen) atoms. The van der Waals surface area contributed by atoms with Crippen LogP contribution in [0.4, 0.5) is 11.4 Å². The maximum absolute atomic E-state index is 12.2. The second-order valence-corrected chi connectivity index (χ2v) is 5.87. The largest absolute Gasteiger partial charge is 0.388 e. The van der Waals surface area contributed by atoms with Gasteiger partial charge in [0.05, 0.1) is 4.92 Å². The van der Waals surface area contributed by atoms with Crippen LogP contribution >= 0.6 is 0 Å². The van der Waals surface area contributed by atoms with Crippen molar-refractivity contribution in [2.75, 3.05) is 32.1 Å². The molecule has 8 nitrogen and oxygen atoms in total. The topological polar surface area (TPSA) is 111 Å². The number of nitro groups is 1. The molecule has 9 heteroatoms. The van der Waals surface area contributed by atoms with Gasteiger partial charge in [-0.25, -0.2) is 13.1 Å². The van der Waals surface area contributed by atoms with Gasteiger partial charge in [0.1, 0.15) is 0 Å². The summed E-state index contributed by atoms with van der Waals surface area (Å²) in [5.74, 6) is 0. The monoisotopic (exact) mass is 317 g/mol. The van der Waals surface area contributed by atoms with Crippen LogP contribution in [0.5, 0.6) is 0 Å². The fourth-order valence-electron chi connectivity index (χ4n) is 1.64. The minimum absolute atomic E-state index is 0.156. The van der Waals surface area contributed by atoms with Gasteiger partial charge >= 0.3 is 0 Å². The molecule has 0 aliphatic carbocycles. The smallest absolute Gasteiger partial charge is 0.289 e. The number of nitrogens with one attached hydrogen (secondary N) is 2. The van der Waals surface area contributed by atoms with Gasteiger partial charge in [-0.2, -0.15) is 0 Å². The molecular formula is C12H19N3O5S. The quantitative estimate of drug-likeness (QED) is 0.404. The van der Waals surface area contributed by atoms with Gasteiger partial charge in [-0.3, -0.25) is 10.1 Å². The second-order valence-electron chi connectivity index (χ2n) is 4.14. The van der Waals surface area contributed by atoms with Gasteiger partial charge in [0.2, 0.25) is 10.0 Å². The summed E-state index contributed by atoms with van der Waals surface area (Å²) >= 11 is 0. The third-order valence-electron chi connectivity index (χ3n) is 2.70. The molecule has 1 rings (SSSR count). The average molecular weight is 317 g/mol. The molecule has 1 aromatic carbocycles. The molecule has 0 aliphatic rings. The maximum atomic E-state index is 12.2. The summed E-state index contributed by atoms with van der Waals surface area (Å²) in [4.78, 5) is 9.89. The molecule has 1 aromatic rings. The third kappa shape index (κ3) is 4.96. The first-order valence-corrected chi connectivity index (χ1v) is 7.94. The number of sulfonamides is 1. The van der Waals surface area contributed by atoms with E-state index in [2.05, 4.69) is 10.0 Å². The SMILES string of the molecule is CCOCCCNS(=O)(=O)c1cc(NC)ccc1[N+](=O)[O-]. The average Bonchev–Trinajstić information content (AvgIpc) is 2.46. The minimum Gasteiger partial charge on any atom is -0.388 e. The van der Waals surface area contributed by atoms with Crippen molar-refractivity contribution in [1.82, 2.24) is 4.72 Å². The van der Waals surface area contributed by atoms with Gasteiger partial charge < -0.3 is 10.1 Å². The zero-order chi connectivity index (χ0) is 15.9. The van der Waals surface area contributed by atoms with Crippen molar-refractivity contribution in [3.05, 3.63) is 28.3 Å². The number of nitro benzene ring substituents is 1. The van der Waals surface area contributed by atoms with E-state index in [9.17, 15) is 18.5 Å². The number of anilines is 1. The van der Waals surface area contributed by atoms with Crippen molar-refractivity contribution in [1.29, 1.82) is 0 Å². The summed E-state index contributed by atoms with van der Waals surface area (Å²) in [6, 6.07) is 3.86. The molecule has 0 unspecified atom stereocenters. The number of hydrogen-bond acceptors (Lipinski definition) is 6. The number of rotatable bonds is 9. The van der Waals surface area contributed by atoms with Crippen LogP contribution in [0.1, 0.15) is 13.3 Å². The van der Waals surface area contributed by atoms with Crippen LogP contribution < -0.4 is 10.0 Å². The van der Waals surface area contributed by atoms with Crippen LogP contribution in [0.25, 0.3) is 0 Å². The molecule has 0 aliphatic heterocycles. The van der Waals surface area contributed by atoms with Crippen LogP contribution in [-0.4, -0.2) is 40.1 Å². The maximum Gasteiger partial charge on any atom is 0.289 e. The molecular weight excluding hydrogens is 298 g/mol. The van der Waals surface area contributed by atoms with Gasteiger partial charge in [-0.15, -0.1) is 0 Å². The van der Waals surface area contributed by atoms with E-state index in [1.165, 1.54) is 18.2 Å². The summed E-state index contributed by atoms with van der Waals surface area (Å²) in [5.41, 5.74) is 0.0293. The zero-order valence-corrected chi connectivity index (χ0v) is 12.8. The molecule has 2 N–H and O–H groups in total. The third-order valence-corrected chi connectivity index (χ3v) is 4.19. The summed E-state index contributed by atoms with van der Waals surface area (Å²) in [5, 5.41) is 13.7. The van der Waals surface area contributed by atoms with E-state index in [0.717, 1.165) is 0 Å². The lowest BCUT2D eigenvalue weighted by atomic mass is 10.3. The highest BCUT2D eigenvalue weighted by Crippen LogP contribution is 2.26. The van der Waals surface area contributed by atoms with Gasteiger partial charge in [-0.1, -0.05) is 0 Å². The molecule has 0 fully saturated rings. The van der Waals surface area contributed by atoms with Crippen molar-refractivity contribution in [3.63, 3.8) is 0 Å². The highest BCUT2D eigenvalue weighted by Gasteiger charge is 2.25. The highest BCUT2D eigenvalue weighted by molar-refractivity contribution is 7.89.